The predicted molar refractivity (Wildman–Crippen MR) is 161 cm³/mol. The molecule has 0 radical (unpaired) electrons. The molecule has 2 fully saturated rings. The van der Waals surface area contributed by atoms with E-state index in [-0.39, 0.29) is 5.97 Å². The number of methoxy groups -OCH3 is 1. The number of ether oxygens (including phenoxy) is 2. The third kappa shape index (κ3) is 7.65. The average Bonchev–Trinajstić information content (AvgIpc) is 2.96. The summed E-state index contributed by atoms with van der Waals surface area (Å²) in [6, 6.07) is 7.48. The van der Waals surface area contributed by atoms with Gasteiger partial charge in [-0.25, -0.2) is 15.0 Å². The zero-order valence-electron chi connectivity index (χ0n) is 23.8. The molecule has 2 aliphatic heterocycles. The van der Waals surface area contributed by atoms with Gasteiger partial charge < -0.3 is 19.3 Å². The van der Waals surface area contributed by atoms with Crippen LogP contribution in [0, 0.1) is 12.8 Å². The summed E-state index contributed by atoms with van der Waals surface area (Å²) in [6.45, 7) is 8.37. The molecule has 0 atom stereocenters. The Balaban J connectivity index is 1.37. The van der Waals surface area contributed by atoms with Gasteiger partial charge in [0.1, 0.15) is 5.82 Å². The van der Waals surface area contributed by atoms with Crippen LogP contribution in [0.1, 0.15) is 30.4 Å². The van der Waals surface area contributed by atoms with Gasteiger partial charge in [-0.15, -0.1) is 0 Å². The zero-order valence-corrected chi connectivity index (χ0v) is 25.3. The van der Waals surface area contributed by atoms with Gasteiger partial charge in [0, 0.05) is 60.3 Å². The molecule has 9 nitrogen and oxygen atoms in total. The lowest BCUT2D eigenvalue weighted by Crippen LogP contribution is -2.44. The molecule has 0 spiro atoms. The molecule has 11 heteroatoms. The van der Waals surface area contributed by atoms with Crippen LogP contribution in [0.4, 0.5) is 5.82 Å². The first-order valence-electron chi connectivity index (χ1n) is 14.0. The standard InChI is InChI=1S/C30H36Cl2N6O3/c1-20-23(19-37-6-4-21(5-7-37)12-29(39)40-3)15-26(22-13-24(31)16-25(32)14-22)35-30(20)41-28-18-33-27(17-34-28)38-10-8-36(2)9-11-38/h13-18,21H,4-12,19H2,1-3H3. The summed E-state index contributed by atoms with van der Waals surface area (Å²) in [7, 11) is 3.57. The van der Waals surface area contributed by atoms with Gasteiger partial charge in [0.05, 0.1) is 25.2 Å². The van der Waals surface area contributed by atoms with Gasteiger partial charge >= 0.3 is 5.97 Å². The first kappa shape index (κ1) is 29.5. The van der Waals surface area contributed by atoms with Gasteiger partial charge in [0.2, 0.25) is 11.8 Å². The van der Waals surface area contributed by atoms with Crippen LogP contribution in [0.15, 0.2) is 36.7 Å². The molecule has 4 heterocycles. The van der Waals surface area contributed by atoms with E-state index in [1.807, 2.05) is 19.1 Å². The van der Waals surface area contributed by atoms with Crippen LogP contribution < -0.4 is 9.64 Å². The van der Waals surface area contributed by atoms with Gasteiger partial charge in [0.15, 0.2) is 0 Å². The molecule has 0 amide bonds. The maximum atomic E-state index is 11.7. The Hall–Kier alpha value is -2.98. The molecule has 218 valence electrons. The van der Waals surface area contributed by atoms with E-state index in [4.69, 9.17) is 37.7 Å². The van der Waals surface area contributed by atoms with Crippen molar-refractivity contribution >= 4 is 35.0 Å². The molecule has 5 rings (SSSR count). The van der Waals surface area contributed by atoms with Crippen LogP contribution in [0.3, 0.4) is 0 Å². The van der Waals surface area contributed by atoms with E-state index in [0.29, 0.717) is 39.8 Å². The Kier molecular flexibility index (Phi) is 9.60. The second kappa shape index (κ2) is 13.3. The Morgan fingerprint density at radius 3 is 2.32 bits per heavy atom. The lowest BCUT2D eigenvalue weighted by Gasteiger charge is -2.32. The Labute approximate surface area is 251 Å². The number of piperazine rings is 1. The normalized spacial score (nSPS) is 17.0. The monoisotopic (exact) mass is 598 g/mol. The fourth-order valence-corrected chi connectivity index (χ4v) is 5.84. The van der Waals surface area contributed by atoms with E-state index >= 15 is 0 Å². The minimum Gasteiger partial charge on any atom is -0.469 e. The minimum absolute atomic E-state index is 0.139. The molecule has 2 aromatic heterocycles. The van der Waals surface area contributed by atoms with Gasteiger partial charge in [0.25, 0.3) is 0 Å². The van der Waals surface area contributed by atoms with Crippen molar-refractivity contribution in [3.63, 3.8) is 0 Å². The predicted octanol–water partition coefficient (Wildman–Crippen LogP) is 5.47. The number of hydrogen-bond acceptors (Lipinski definition) is 9. The van der Waals surface area contributed by atoms with Crippen molar-refractivity contribution in [2.75, 3.05) is 58.3 Å². The van der Waals surface area contributed by atoms with Gasteiger partial charge in [-0.3, -0.25) is 9.69 Å². The molecule has 1 aromatic carbocycles. The van der Waals surface area contributed by atoms with E-state index in [2.05, 4.69) is 37.8 Å². The number of likely N-dealkylation sites (N-methyl/N-ethyl adjacent to an activating group) is 1. The molecular weight excluding hydrogens is 563 g/mol. The average molecular weight is 600 g/mol. The molecule has 2 saturated heterocycles. The van der Waals surface area contributed by atoms with E-state index in [0.717, 1.165) is 81.2 Å². The summed E-state index contributed by atoms with van der Waals surface area (Å²) in [5.41, 5.74) is 3.55. The molecule has 0 bridgehead atoms. The Bertz CT molecular complexity index is 1340. The molecule has 0 N–H and O–H groups in total. The van der Waals surface area contributed by atoms with E-state index < -0.39 is 0 Å². The number of pyridine rings is 1. The molecule has 2 aliphatic rings. The first-order valence-corrected chi connectivity index (χ1v) is 14.7. The minimum atomic E-state index is -0.139. The van der Waals surface area contributed by atoms with Crippen molar-refractivity contribution in [2.45, 2.75) is 32.7 Å². The highest BCUT2D eigenvalue weighted by Gasteiger charge is 2.24. The Morgan fingerprint density at radius 2 is 1.68 bits per heavy atom. The van der Waals surface area contributed by atoms with Crippen LogP contribution in [0.5, 0.6) is 11.8 Å². The van der Waals surface area contributed by atoms with Crippen LogP contribution in [0.2, 0.25) is 10.0 Å². The van der Waals surface area contributed by atoms with Crippen molar-refractivity contribution in [1.82, 2.24) is 24.8 Å². The number of esters is 1. The van der Waals surface area contributed by atoms with Crippen molar-refractivity contribution in [2.24, 2.45) is 5.92 Å². The van der Waals surface area contributed by atoms with Crippen molar-refractivity contribution in [3.05, 3.63) is 57.8 Å². The maximum Gasteiger partial charge on any atom is 0.305 e. The number of rotatable bonds is 8. The van der Waals surface area contributed by atoms with Crippen LogP contribution in [0.25, 0.3) is 11.3 Å². The quantitative estimate of drug-likeness (QED) is 0.313. The summed E-state index contributed by atoms with van der Waals surface area (Å²) in [6.07, 6.45) is 5.80. The smallest absolute Gasteiger partial charge is 0.305 e. The summed E-state index contributed by atoms with van der Waals surface area (Å²) in [5, 5.41) is 1.08. The number of benzene rings is 1. The summed E-state index contributed by atoms with van der Waals surface area (Å²) >= 11 is 12.7. The highest BCUT2D eigenvalue weighted by Crippen LogP contribution is 2.33. The molecule has 0 unspecified atom stereocenters. The lowest BCUT2D eigenvalue weighted by atomic mass is 9.93. The highest BCUT2D eigenvalue weighted by atomic mass is 35.5. The fourth-order valence-electron chi connectivity index (χ4n) is 5.32. The number of aromatic nitrogens is 3. The number of anilines is 1. The van der Waals surface area contributed by atoms with Crippen molar-refractivity contribution in [3.8, 4) is 23.0 Å². The molecule has 0 saturated carbocycles. The molecule has 0 aliphatic carbocycles. The zero-order chi connectivity index (χ0) is 28.9. The van der Waals surface area contributed by atoms with E-state index in [1.165, 1.54) is 7.11 Å². The number of halogens is 2. The molecule has 3 aromatic rings. The third-order valence-corrected chi connectivity index (χ3v) is 8.36. The van der Waals surface area contributed by atoms with Gasteiger partial charge in [-0.05, 0) is 75.6 Å². The number of carbonyl (C=O) groups excluding carboxylic acids is 1. The summed E-state index contributed by atoms with van der Waals surface area (Å²) < 4.78 is 11.1. The number of nitrogens with zero attached hydrogens (tertiary/aromatic N) is 6. The number of likely N-dealkylation sites (tertiary alicyclic amines) is 1. The van der Waals surface area contributed by atoms with Crippen molar-refractivity contribution < 1.29 is 14.3 Å². The van der Waals surface area contributed by atoms with E-state index in [1.54, 1.807) is 18.5 Å². The second-order valence-electron chi connectivity index (χ2n) is 10.9. The van der Waals surface area contributed by atoms with Gasteiger partial charge in [-0.1, -0.05) is 23.2 Å². The summed E-state index contributed by atoms with van der Waals surface area (Å²) in [4.78, 5) is 32.7. The number of piperidine rings is 1. The highest BCUT2D eigenvalue weighted by molar-refractivity contribution is 6.35. The number of carbonyl (C=O) groups is 1. The Morgan fingerprint density at radius 1 is 0.976 bits per heavy atom. The van der Waals surface area contributed by atoms with Crippen molar-refractivity contribution in [1.29, 1.82) is 0 Å². The second-order valence-corrected chi connectivity index (χ2v) is 11.7. The van der Waals surface area contributed by atoms with Crippen LogP contribution in [-0.2, 0) is 16.1 Å². The van der Waals surface area contributed by atoms with Crippen LogP contribution in [-0.4, -0.2) is 84.1 Å². The topological polar surface area (TPSA) is 83.9 Å². The lowest BCUT2D eigenvalue weighted by molar-refractivity contribution is -0.142. The maximum absolute atomic E-state index is 11.7. The fraction of sp³-hybridized carbons (Fsp3) is 0.467. The van der Waals surface area contributed by atoms with Crippen LogP contribution >= 0.6 is 23.2 Å². The molecular formula is C30H36Cl2N6O3. The largest absolute Gasteiger partial charge is 0.469 e. The van der Waals surface area contributed by atoms with Gasteiger partial charge in [-0.2, -0.15) is 0 Å². The SMILES string of the molecule is COC(=O)CC1CCN(Cc2cc(-c3cc(Cl)cc(Cl)c3)nc(Oc3cnc(N4CCN(C)CC4)cn3)c2C)CC1. The number of hydrogen-bond donors (Lipinski definition) is 0. The summed E-state index contributed by atoms with van der Waals surface area (Å²) in [5.74, 6) is 1.91. The third-order valence-electron chi connectivity index (χ3n) is 7.92. The van der Waals surface area contributed by atoms with E-state index in [9.17, 15) is 4.79 Å². The molecule has 41 heavy (non-hydrogen) atoms. The first-order chi connectivity index (χ1) is 19.8.